The van der Waals surface area contributed by atoms with Crippen molar-refractivity contribution in [2.45, 2.75) is 26.8 Å². The van der Waals surface area contributed by atoms with Gasteiger partial charge in [-0.1, -0.05) is 0 Å². The average Bonchev–Trinajstić information content (AvgIpc) is 2.65. The van der Waals surface area contributed by atoms with Crippen LogP contribution in [0.2, 0.25) is 0 Å². The van der Waals surface area contributed by atoms with E-state index in [1.807, 2.05) is 24.3 Å². The van der Waals surface area contributed by atoms with Crippen LogP contribution in [0, 0.1) is 6.92 Å². The van der Waals surface area contributed by atoms with E-state index < -0.39 is 0 Å². The Kier molecular flexibility index (Phi) is 2.90. The molecule has 0 amide bonds. The molecule has 4 nitrogen and oxygen atoms in total. The highest BCUT2D eigenvalue weighted by Gasteiger charge is 2.05. The van der Waals surface area contributed by atoms with Gasteiger partial charge in [-0.2, -0.15) is 0 Å². The molecular formula is C12H15N3O. The summed E-state index contributed by atoms with van der Waals surface area (Å²) in [7, 11) is 0. The first kappa shape index (κ1) is 10.7. The highest BCUT2D eigenvalue weighted by Crippen LogP contribution is 2.20. The van der Waals surface area contributed by atoms with E-state index in [2.05, 4.69) is 29.4 Å². The van der Waals surface area contributed by atoms with Gasteiger partial charge in [-0.25, -0.2) is 0 Å². The molecule has 0 bridgehead atoms. The minimum Gasteiger partial charge on any atom is -0.421 e. The van der Waals surface area contributed by atoms with E-state index in [0.29, 0.717) is 17.8 Å². The van der Waals surface area contributed by atoms with E-state index in [4.69, 9.17) is 4.42 Å². The maximum absolute atomic E-state index is 5.35. The molecule has 0 aliphatic carbocycles. The lowest BCUT2D eigenvalue weighted by Crippen LogP contribution is -2.09. The number of aryl methyl sites for hydroxylation is 1. The Morgan fingerprint density at radius 3 is 2.31 bits per heavy atom. The molecule has 0 atom stereocenters. The highest BCUT2D eigenvalue weighted by molar-refractivity contribution is 5.58. The molecule has 1 aromatic carbocycles. The van der Waals surface area contributed by atoms with Crippen LogP contribution >= 0.6 is 0 Å². The predicted octanol–water partition coefficient (Wildman–Crippen LogP) is 2.87. The van der Waals surface area contributed by atoms with Crippen LogP contribution in [0.3, 0.4) is 0 Å². The summed E-state index contributed by atoms with van der Waals surface area (Å²) in [5.41, 5.74) is 2.03. The van der Waals surface area contributed by atoms with Crippen LogP contribution in [0.15, 0.2) is 28.7 Å². The number of benzene rings is 1. The predicted molar refractivity (Wildman–Crippen MR) is 63.2 cm³/mol. The molecule has 1 N–H and O–H groups in total. The molecule has 0 spiro atoms. The summed E-state index contributed by atoms with van der Waals surface area (Å²) >= 11 is 0. The quantitative estimate of drug-likeness (QED) is 0.858. The molecule has 0 saturated heterocycles. The first-order chi connectivity index (χ1) is 7.65. The molecule has 16 heavy (non-hydrogen) atoms. The molecule has 0 saturated carbocycles. The first-order valence-electron chi connectivity index (χ1n) is 5.32. The number of rotatable bonds is 3. The van der Waals surface area contributed by atoms with Gasteiger partial charge in [0.2, 0.25) is 11.8 Å². The average molecular weight is 217 g/mol. The minimum atomic E-state index is 0.427. The summed E-state index contributed by atoms with van der Waals surface area (Å²) in [5, 5.41) is 11.1. The number of anilines is 1. The lowest BCUT2D eigenvalue weighted by atomic mass is 10.2. The van der Waals surface area contributed by atoms with E-state index in [-0.39, 0.29) is 0 Å². The van der Waals surface area contributed by atoms with E-state index in [1.165, 1.54) is 0 Å². The molecule has 1 heterocycles. The van der Waals surface area contributed by atoms with Crippen LogP contribution < -0.4 is 5.32 Å². The zero-order chi connectivity index (χ0) is 11.5. The van der Waals surface area contributed by atoms with Gasteiger partial charge in [0.15, 0.2) is 0 Å². The third-order valence-corrected chi connectivity index (χ3v) is 2.11. The van der Waals surface area contributed by atoms with Crippen LogP contribution in [-0.2, 0) is 0 Å². The second-order valence-electron chi connectivity index (χ2n) is 4.00. The Balaban J connectivity index is 2.19. The Hall–Kier alpha value is -1.84. The van der Waals surface area contributed by atoms with Gasteiger partial charge >= 0.3 is 0 Å². The fourth-order valence-electron chi connectivity index (χ4n) is 1.46. The maximum Gasteiger partial charge on any atom is 0.247 e. The van der Waals surface area contributed by atoms with Crippen LogP contribution in [0.5, 0.6) is 0 Å². The van der Waals surface area contributed by atoms with E-state index in [9.17, 15) is 0 Å². The summed E-state index contributed by atoms with van der Waals surface area (Å²) in [6.07, 6.45) is 0. The van der Waals surface area contributed by atoms with Gasteiger partial charge in [-0.3, -0.25) is 0 Å². The first-order valence-corrected chi connectivity index (χ1v) is 5.32. The molecule has 0 radical (unpaired) electrons. The van der Waals surface area contributed by atoms with Crippen molar-refractivity contribution in [3.8, 4) is 11.5 Å². The molecule has 0 unspecified atom stereocenters. The molecule has 0 fully saturated rings. The number of aromatic nitrogens is 2. The Morgan fingerprint density at radius 1 is 1.12 bits per heavy atom. The zero-order valence-corrected chi connectivity index (χ0v) is 9.69. The standard InChI is InChI=1S/C12H15N3O/c1-8(2)13-11-6-4-10(5-7-11)12-15-14-9(3)16-12/h4-8,13H,1-3H3. The fraction of sp³-hybridized carbons (Fsp3) is 0.333. The SMILES string of the molecule is Cc1nnc(-c2ccc(NC(C)C)cc2)o1. The largest absolute Gasteiger partial charge is 0.421 e. The van der Waals surface area contributed by atoms with Crippen LogP contribution in [0.1, 0.15) is 19.7 Å². The summed E-state index contributed by atoms with van der Waals surface area (Å²) < 4.78 is 5.35. The summed E-state index contributed by atoms with van der Waals surface area (Å²) in [5.74, 6) is 1.15. The third-order valence-electron chi connectivity index (χ3n) is 2.11. The molecule has 0 aliphatic heterocycles. The molecule has 1 aromatic heterocycles. The highest BCUT2D eigenvalue weighted by atomic mass is 16.4. The van der Waals surface area contributed by atoms with Crippen molar-refractivity contribution in [3.63, 3.8) is 0 Å². The summed E-state index contributed by atoms with van der Waals surface area (Å²) in [6, 6.07) is 8.38. The van der Waals surface area contributed by atoms with Gasteiger partial charge < -0.3 is 9.73 Å². The number of nitrogens with one attached hydrogen (secondary N) is 1. The lowest BCUT2D eigenvalue weighted by Gasteiger charge is -2.09. The monoisotopic (exact) mass is 217 g/mol. The Bertz CT molecular complexity index is 459. The summed E-state index contributed by atoms with van der Waals surface area (Å²) in [4.78, 5) is 0. The minimum absolute atomic E-state index is 0.427. The molecular weight excluding hydrogens is 202 g/mol. The van der Waals surface area contributed by atoms with Crippen molar-refractivity contribution >= 4 is 5.69 Å². The van der Waals surface area contributed by atoms with Gasteiger partial charge in [0.05, 0.1) is 0 Å². The molecule has 84 valence electrons. The van der Waals surface area contributed by atoms with Crippen molar-refractivity contribution in [1.29, 1.82) is 0 Å². The van der Waals surface area contributed by atoms with Crippen molar-refractivity contribution in [3.05, 3.63) is 30.2 Å². The zero-order valence-electron chi connectivity index (χ0n) is 9.69. The fourth-order valence-corrected chi connectivity index (χ4v) is 1.46. The van der Waals surface area contributed by atoms with Gasteiger partial charge in [-0.15, -0.1) is 10.2 Å². The molecule has 4 heteroatoms. The van der Waals surface area contributed by atoms with Gasteiger partial charge in [0.25, 0.3) is 0 Å². The van der Waals surface area contributed by atoms with Crippen molar-refractivity contribution < 1.29 is 4.42 Å². The van der Waals surface area contributed by atoms with E-state index >= 15 is 0 Å². The third kappa shape index (κ3) is 2.39. The van der Waals surface area contributed by atoms with Crippen LogP contribution in [-0.4, -0.2) is 16.2 Å². The van der Waals surface area contributed by atoms with E-state index in [0.717, 1.165) is 11.3 Å². The Labute approximate surface area is 94.7 Å². The van der Waals surface area contributed by atoms with Gasteiger partial charge in [0, 0.05) is 24.2 Å². The number of hydrogen-bond donors (Lipinski definition) is 1. The molecule has 0 aliphatic rings. The van der Waals surface area contributed by atoms with Crippen molar-refractivity contribution in [2.75, 3.05) is 5.32 Å². The van der Waals surface area contributed by atoms with Crippen molar-refractivity contribution in [2.24, 2.45) is 0 Å². The van der Waals surface area contributed by atoms with Gasteiger partial charge in [-0.05, 0) is 38.1 Å². The van der Waals surface area contributed by atoms with Crippen molar-refractivity contribution in [1.82, 2.24) is 10.2 Å². The van der Waals surface area contributed by atoms with Gasteiger partial charge in [0.1, 0.15) is 0 Å². The number of nitrogens with zero attached hydrogens (tertiary/aromatic N) is 2. The molecule has 2 rings (SSSR count). The number of hydrogen-bond acceptors (Lipinski definition) is 4. The van der Waals surface area contributed by atoms with E-state index in [1.54, 1.807) is 6.92 Å². The molecule has 2 aromatic rings. The maximum atomic E-state index is 5.35. The second kappa shape index (κ2) is 4.35. The van der Waals surface area contributed by atoms with Crippen LogP contribution in [0.4, 0.5) is 5.69 Å². The normalized spacial score (nSPS) is 10.8. The van der Waals surface area contributed by atoms with Crippen LogP contribution in [0.25, 0.3) is 11.5 Å². The topological polar surface area (TPSA) is 51.0 Å². The summed E-state index contributed by atoms with van der Waals surface area (Å²) in [6.45, 7) is 6.00. The Morgan fingerprint density at radius 2 is 1.81 bits per heavy atom. The smallest absolute Gasteiger partial charge is 0.247 e. The lowest BCUT2D eigenvalue weighted by molar-refractivity contribution is 0.533. The second-order valence-corrected chi connectivity index (χ2v) is 4.00.